The molecule has 2 aromatic carbocycles. The van der Waals surface area contributed by atoms with E-state index < -0.39 is 0 Å². The van der Waals surface area contributed by atoms with Gasteiger partial charge in [0.05, 0.1) is 5.75 Å². The number of carbonyl (C=O) groups is 1. The Hall–Kier alpha value is -2.80. The van der Waals surface area contributed by atoms with Crippen molar-refractivity contribution >= 4 is 23.4 Å². The third-order valence-electron chi connectivity index (χ3n) is 5.03. The number of para-hydroxylation sites is 1. The van der Waals surface area contributed by atoms with E-state index in [2.05, 4.69) is 36.3 Å². The second-order valence-electron chi connectivity index (χ2n) is 7.25. The van der Waals surface area contributed by atoms with Crippen molar-refractivity contribution in [2.75, 3.05) is 11.1 Å². The van der Waals surface area contributed by atoms with Crippen molar-refractivity contribution in [1.29, 1.82) is 0 Å². The van der Waals surface area contributed by atoms with Crippen LogP contribution in [0.5, 0.6) is 5.75 Å². The van der Waals surface area contributed by atoms with Crippen LogP contribution in [0.15, 0.2) is 47.6 Å². The molecule has 0 saturated heterocycles. The maximum atomic E-state index is 12.4. The zero-order valence-electron chi connectivity index (χ0n) is 18.1. The summed E-state index contributed by atoms with van der Waals surface area (Å²) >= 11 is 1.36. The van der Waals surface area contributed by atoms with Gasteiger partial charge in [-0.05, 0) is 62.1 Å². The Morgan fingerprint density at radius 3 is 2.67 bits per heavy atom. The SMILES string of the molecule is CCc1ccccc1NC(=O)CSc1nnc(C(C)Oc2ccc(C)c(C)c2)n1C. The molecule has 7 heteroatoms. The predicted octanol–water partition coefficient (Wildman–Crippen LogP) is 4.87. The first-order valence-electron chi connectivity index (χ1n) is 10.0. The van der Waals surface area contributed by atoms with Gasteiger partial charge in [-0.15, -0.1) is 10.2 Å². The van der Waals surface area contributed by atoms with Crippen molar-refractivity contribution in [3.63, 3.8) is 0 Å². The molecular weight excluding hydrogens is 396 g/mol. The molecule has 1 aromatic heterocycles. The van der Waals surface area contributed by atoms with E-state index in [0.29, 0.717) is 11.0 Å². The summed E-state index contributed by atoms with van der Waals surface area (Å²) in [6.45, 7) is 8.16. The van der Waals surface area contributed by atoms with Crippen molar-refractivity contribution in [3.05, 3.63) is 65.0 Å². The highest BCUT2D eigenvalue weighted by Crippen LogP contribution is 2.25. The molecule has 0 radical (unpaired) electrons. The zero-order chi connectivity index (χ0) is 21.7. The summed E-state index contributed by atoms with van der Waals surface area (Å²) in [5, 5.41) is 12.2. The number of nitrogens with zero attached hydrogens (tertiary/aromatic N) is 3. The van der Waals surface area contributed by atoms with Gasteiger partial charge in [-0.2, -0.15) is 0 Å². The molecule has 0 saturated carbocycles. The number of nitrogens with one attached hydrogen (secondary N) is 1. The molecule has 0 aliphatic heterocycles. The molecule has 0 spiro atoms. The van der Waals surface area contributed by atoms with E-state index >= 15 is 0 Å². The Kier molecular flexibility index (Phi) is 7.15. The molecule has 1 N–H and O–H groups in total. The third-order valence-corrected chi connectivity index (χ3v) is 6.05. The second kappa shape index (κ2) is 9.80. The number of aryl methyl sites for hydroxylation is 3. The van der Waals surface area contributed by atoms with Gasteiger partial charge >= 0.3 is 0 Å². The molecule has 0 bridgehead atoms. The Morgan fingerprint density at radius 1 is 1.17 bits per heavy atom. The molecule has 3 rings (SSSR count). The molecule has 158 valence electrons. The van der Waals surface area contributed by atoms with Gasteiger partial charge in [-0.25, -0.2) is 0 Å². The zero-order valence-corrected chi connectivity index (χ0v) is 18.9. The predicted molar refractivity (Wildman–Crippen MR) is 121 cm³/mol. The van der Waals surface area contributed by atoms with Gasteiger partial charge in [0.15, 0.2) is 17.1 Å². The van der Waals surface area contributed by atoms with Crippen LogP contribution >= 0.6 is 11.8 Å². The third kappa shape index (κ3) is 5.21. The van der Waals surface area contributed by atoms with Crippen LogP contribution in [-0.2, 0) is 18.3 Å². The van der Waals surface area contributed by atoms with E-state index in [9.17, 15) is 4.79 Å². The first-order chi connectivity index (χ1) is 14.4. The molecule has 3 aromatic rings. The smallest absolute Gasteiger partial charge is 0.234 e. The summed E-state index contributed by atoms with van der Waals surface area (Å²) in [5.41, 5.74) is 4.39. The molecule has 1 heterocycles. The van der Waals surface area contributed by atoms with Crippen molar-refractivity contribution in [2.24, 2.45) is 7.05 Å². The van der Waals surface area contributed by atoms with Crippen molar-refractivity contribution < 1.29 is 9.53 Å². The molecule has 6 nitrogen and oxygen atoms in total. The van der Waals surface area contributed by atoms with Crippen LogP contribution in [0.2, 0.25) is 0 Å². The molecule has 1 amide bonds. The highest BCUT2D eigenvalue weighted by atomic mass is 32.2. The van der Waals surface area contributed by atoms with Gasteiger partial charge in [-0.1, -0.05) is 43.0 Å². The van der Waals surface area contributed by atoms with Crippen molar-refractivity contribution in [3.8, 4) is 5.75 Å². The lowest BCUT2D eigenvalue weighted by molar-refractivity contribution is -0.113. The highest BCUT2D eigenvalue weighted by Gasteiger charge is 2.18. The molecular formula is C23H28N4O2S. The Morgan fingerprint density at radius 2 is 1.93 bits per heavy atom. The fourth-order valence-corrected chi connectivity index (χ4v) is 3.83. The number of thioether (sulfide) groups is 1. The fraction of sp³-hybridized carbons (Fsp3) is 0.348. The largest absolute Gasteiger partial charge is 0.483 e. The quantitative estimate of drug-likeness (QED) is 0.523. The summed E-state index contributed by atoms with van der Waals surface area (Å²) in [5.74, 6) is 1.71. The normalized spacial score (nSPS) is 11.9. The average Bonchev–Trinajstić information content (AvgIpc) is 3.10. The summed E-state index contributed by atoms with van der Waals surface area (Å²) in [7, 11) is 1.89. The maximum Gasteiger partial charge on any atom is 0.234 e. The summed E-state index contributed by atoms with van der Waals surface area (Å²) < 4.78 is 7.93. The first-order valence-corrected chi connectivity index (χ1v) is 11.0. The standard InChI is InChI=1S/C23H28N4O2S/c1-6-18-9-7-8-10-20(18)24-21(28)14-30-23-26-25-22(27(23)5)17(4)29-19-12-11-15(2)16(3)13-19/h7-13,17H,6,14H2,1-5H3,(H,24,28). The van der Waals surface area contributed by atoms with Crippen molar-refractivity contribution in [1.82, 2.24) is 14.8 Å². The van der Waals surface area contributed by atoms with E-state index in [0.717, 1.165) is 23.4 Å². The Bertz CT molecular complexity index is 1030. The number of hydrogen-bond donors (Lipinski definition) is 1. The minimum atomic E-state index is -0.260. The van der Waals surface area contributed by atoms with Gasteiger partial charge in [0.1, 0.15) is 5.75 Å². The van der Waals surface area contributed by atoms with Gasteiger partial charge < -0.3 is 14.6 Å². The van der Waals surface area contributed by atoms with Gasteiger partial charge in [0, 0.05) is 12.7 Å². The monoisotopic (exact) mass is 424 g/mol. The lowest BCUT2D eigenvalue weighted by Gasteiger charge is -2.15. The molecule has 1 atom stereocenters. The number of ether oxygens (including phenoxy) is 1. The van der Waals surface area contributed by atoms with Crippen molar-refractivity contribution in [2.45, 2.75) is 45.4 Å². The number of hydrogen-bond acceptors (Lipinski definition) is 5. The average molecular weight is 425 g/mol. The minimum absolute atomic E-state index is 0.0649. The van der Waals surface area contributed by atoms with Crippen LogP contribution in [0.1, 0.15) is 42.5 Å². The molecule has 1 unspecified atom stereocenters. The van der Waals surface area contributed by atoms with Gasteiger partial charge in [0.25, 0.3) is 0 Å². The summed E-state index contributed by atoms with van der Waals surface area (Å²) in [4.78, 5) is 12.4. The van der Waals surface area contributed by atoms with Crippen LogP contribution in [-0.4, -0.2) is 26.4 Å². The van der Waals surface area contributed by atoms with Crippen LogP contribution in [0.3, 0.4) is 0 Å². The van der Waals surface area contributed by atoms with Gasteiger partial charge in [-0.3, -0.25) is 4.79 Å². The fourth-order valence-electron chi connectivity index (χ4n) is 3.12. The van der Waals surface area contributed by atoms with E-state index in [1.165, 1.54) is 22.9 Å². The molecule has 0 aliphatic rings. The summed E-state index contributed by atoms with van der Waals surface area (Å²) in [6, 6.07) is 13.9. The number of carbonyl (C=O) groups excluding carboxylic acids is 1. The van der Waals surface area contributed by atoms with Gasteiger partial charge in [0.2, 0.25) is 5.91 Å². The number of rotatable bonds is 8. The second-order valence-corrected chi connectivity index (χ2v) is 8.20. The van der Waals surface area contributed by atoms with Crippen LogP contribution in [0, 0.1) is 13.8 Å². The molecule has 0 aliphatic carbocycles. The molecule has 0 fully saturated rings. The van der Waals surface area contributed by atoms with Crippen LogP contribution in [0.4, 0.5) is 5.69 Å². The topological polar surface area (TPSA) is 69.0 Å². The van der Waals surface area contributed by atoms with E-state index in [1.54, 1.807) is 0 Å². The lowest BCUT2D eigenvalue weighted by Crippen LogP contribution is -2.16. The van der Waals surface area contributed by atoms with E-state index in [4.69, 9.17) is 4.74 Å². The number of aromatic nitrogens is 3. The Labute approximate surface area is 182 Å². The highest BCUT2D eigenvalue weighted by molar-refractivity contribution is 7.99. The summed E-state index contributed by atoms with van der Waals surface area (Å²) in [6.07, 6.45) is 0.610. The number of benzene rings is 2. The van der Waals surface area contributed by atoms with Crippen LogP contribution < -0.4 is 10.1 Å². The van der Waals surface area contributed by atoms with E-state index in [1.807, 2.05) is 61.0 Å². The molecule has 30 heavy (non-hydrogen) atoms. The lowest BCUT2D eigenvalue weighted by atomic mass is 10.1. The van der Waals surface area contributed by atoms with E-state index in [-0.39, 0.29) is 17.8 Å². The number of anilines is 1. The number of amides is 1. The minimum Gasteiger partial charge on any atom is -0.483 e. The maximum absolute atomic E-state index is 12.4. The Balaban J connectivity index is 1.60. The van der Waals surface area contributed by atoms with Crippen LogP contribution in [0.25, 0.3) is 0 Å². The first kappa shape index (κ1) is 21.9.